The van der Waals surface area contributed by atoms with Gasteiger partial charge in [-0.15, -0.1) is 0 Å². The summed E-state index contributed by atoms with van der Waals surface area (Å²) in [6.45, 7) is 1.69. The zero-order chi connectivity index (χ0) is 10.8. The highest BCUT2D eigenvalue weighted by molar-refractivity contribution is 5.13. The first-order valence-electron chi connectivity index (χ1n) is 6.22. The molecule has 0 heterocycles. The van der Waals surface area contributed by atoms with Gasteiger partial charge in [-0.2, -0.15) is 0 Å². The molecule has 3 atom stereocenters. The predicted octanol–water partition coefficient (Wildman–Crippen LogP) is 3.42. The highest BCUT2D eigenvalue weighted by Crippen LogP contribution is 2.43. The van der Waals surface area contributed by atoms with Crippen LogP contribution in [0.4, 0.5) is 0 Å². The lowest BCUT2D eigenvalue weighted by Crippen LogP contribution is -2.14. The average Bonchev–Trinajstić information content (AvgIpc) is 2.92. The Kier molecular flexibility index (Phi) is 2.79. The fourth-order valence-corrected chi connectivity index (χ4v) is 2.99. The van der Waals surface area contributed by atoms with Crippen molar-refractivity contribution in [3.63, 3.8) is 0 Å². The van der Waals surface area contributed by atoms with E-state index in [0.29, 0.717) is 0 Å². The van der Waals surface area contributed by atoms with Crippen LogP contribution >= 0.6 is 0 Å². The van der Waals surface area contributed by atoms with Crippen molar-refractivity contribution in [2.24, 2.45) is 17.8 Å². The van der Waals surface area contributed by atoms with E-state index in [1.54, 1.807) is 0 Å². The van der Waals surface area contributed by atoms with Crippen molar-refractivity contribution in [2.45, 2.75) is 19.4 Å². The molecule has 2 bridgehead atoms. The highest BCUT2D eigenvalue weighted by atomic mass is 16.5. The van der Waals surface area contributed by atoms with E-state index in [2.05, 4.69) is 36.4 Å². The van der Waals surface area contributed by atoms with E-state index < -0.39 is 0 Å². The van der Waals surface area contributed by atoms with E-state index in [1.807, 2.05) is 6.07 Å². The van der Waals surface area contributed by atoms with Crippen LogP contribution in [0.1, 0.15) is 18.4 Å². The molecule has 3 unspecified atom stereocenters. The molecule has 1 saturated carbocycles. The maximum atomic E-state index is 5.82. The zero-order valence-electron chi connectivity index (χ0n) is 9.51. The van der Waals surface area contributed by atoms with Crippen LogP contribution in [0.3, 0.4) is 0 Å². The maximum Gasteiger partial charge on any atom is 0.0717 e. The van der Waals surface area contributed by atoms with E-state index in [9.17, 15) is 0 Å². The summed E-state index contributed by atoms with van der Waals surface area (Å²) in [6, 6.07) is 10.4. The summed E-state index contributed by atoms with van der Waals surface area (Å²) in [6.07, 6.45) is 7.50. The van der Waals surface area contributed by atoms with Gasteiger partial charge >= 0.3 is 0 Å². The third-order valence-electron chi connectivity index (χ3n) is 3.86. The molecule has 0 aromatic heterocycles. The zero-order valence-corrected chi connectivity index (χ0v) is 9.51. The molecule has 1 nitrogen and oxygen atoms in total. The number of benzene rings is 1. The number of hydrogen-bond donors (Lipinski definition) is 0. The first-order chi connectivity index (χ1) is 7.92. The molecule has 2 aliphatic rings. The van der Waals surface area contributed by atoms with E-state index in [4.69, 9.17) is 4.74 Å². The Balaban J connectivity index is 1.46. The standard InChI is InChI=1S/C15H18O/c1-2-4-12(5-3-1)10-16-11-15-9-13-6-7-14(15)8-13/h1-7,13-15H,8-11H2. The van der Waals surface area contributed by atoms with E-state index in [1.165, 1.54) is 18.4 Å². The SMILES string of the molecule is C1=CC2CC1CC2COCc1ccccc1. The molecule has 0 spiro atoms. The molecule has 16 heavy (non-hydrogen) atoms. The van der Waals surface area contributed by atoms with Crippen LogP contribution in [0.5, 0.6) is 0 Å². The summed E-state index contributed by atoms with van der Waals surface area (Å²) in [7, 11) is 0. The Labute approximate surface area is 97.1 Å². The van der Waals surface area contributed by atoms with Crippen LogP contribution < -0.4 is 0 Å². The number of fused-ring (bicyclic) bond motifs is 2. The Morgan fingerprint density at radius 1 is 1.06 bits per heavy atom. The molecular formula is C15H18O. The van der Waals surface area contributed by atoms with Crippen LogP contribution in [0.25, 0.3) is 0 Å². The number of rotatable bonds is 4. The summed E-state index contributed by atoms with van der Waals surface area (Å²) in [5.41, 5.74) is 1.28. The Morgan fingerprint density at radius 3 is 2.62 bits per heavy atom. The van der Waals surface area contributed by atoms with E-state index in [0.717, 1.165) is 31.0 Å². The fourth-order valence-electron chi connectivity index (χ4n) is 2.99. The minimum atomic E-state index is 0.762. The molecule has 1 heteroatoms. The van der Waals surface area contributed by atoms with Crippen molar-refractivity contribution in [1.82, 2.24) is 0 Å². The second kappa shape index (κ2) is 4.42. The third-order valence-corrected chi connectivity index (χ3v) is 3.86. The van der Waals surface area contributed by atoms with Gasteiger partial charge in [-0.3, -0.25) is 0 Å². The predicted molar refractivity (Wildman–Crippen MR) is 64.9 cm³/mol. The summed E-state index contributed by atoms with van der Waals surface area (Å²) >= 11 is 0. The monoisotopic (exact) mass is 214 g/mol. The van der Waals surface area contributed by atoms with Crippen molar-refractivity contribution < 1.29 is 4.74 Å². The molecule has 0 radical (unpaired) electrons. The lowest BCUT2D eigenvalue weighted by atomic mass is 9.95. The van der Waals surface area contributed by atoms with Gasteiger partial charge in [-0.25, -0.2) is 0 Å². The van der Waals surface area contributed by atoms with Gasteiger partial charge < -0.3 is 4.74 Å². The van der Waals surface area contributed by atoms with Crippen LogP contribution in [-0.2, 0) is 11.3 Å². The molecule has 1 aromatic carbocycles. The van der Waals surface area contributed by atoms with Gasteiger partial charge in [-0.1, -0.05) is 42.5 Å². The smallest absolute Gasteiger partial charge is 0.0717 e. The Morgan fingerprint density at radius 2 is 1.94 bits per heavy atom. The van der Waals surface area contributed by atoms with Crippen molar-refractivity contribution in [2.75, 3.05) is 6.61 Å². The second-order valence-electron chi connectivity index (χ2n) is 5.04. The average molecular weight is 214 g/mol. The van der Waals surface area contributed by atoms with Crippen molar-refractivity contribution in [1.29, 1.82) is 0 Å². The minimum absolute atomic E-state index is 0.762. The van der Waals surface area contributed by atoms with Gasteiger partial charge in [0.1, 0.15) is 0 Å². The molecular weight excluding hydrogens is 196 g/mol. The normalized spacial score (nSPS) is 31.1. The molecule has 2 aliphatic carbocycles. The fraction of sp³-hybridized carbons (Fsp3) is 0.467. The Bertz CT molecular complexity index is 368. The summed E-state index contributed by atoms with van der Waals surface area (Å²) < 4.78 is 5.82. The Hall–Kier alpha value is -1.08. The number of ether oxygens (including phenoxy) is 1. The lowest BCUT2D eigenvalue weighted by Gasteiger charge is -2.17. The third kappa shape index (κ3) is 2.05. The molecule has 0 N–H and O–H groups in total. The second-order valence-corrected chi connectivity index (χ2v) is 5.04. The van der Waals surface area contributed by atoms with Gasteiger partial charge in [-0.05, 0) is 36.2 Å². The molecule has 1 fully saturated rings. The quantitative estimate of drug-likeness (QED) is 0.698. The van der Waals surface area contributed by atoms with Gasteiger partial charge in [0.15, 0.2) is 0 Å². The molecule has 0 saturated heterocycles. The van der Waals surface area contributed by atoms with Crippen molar-refractivity contribution in [3.05, 3.63) is 48.0 Å². The highest BCUT2D eigenvalue weighted by Gasteiger charge is 2.35. The van der Waals surface area contributed by atoms with E-state index in [-0.39, 0.29) is 0 Å². The van der Waals surface area contributed by atoms with Crippen molar-refractivity contribution in [3.8, 4) is 0 Å². The van der Waals surface area contributed by atoms with Gasteiger partial charge in [0.25, 0.3) is 0 Å². The largest absolute Gasteiger partial charge is 0.376 e. The van der Waals surface area contributed by atoms with Crippen LogP contribution in [0, 0.1) is 17.8 Å². The van der Waals surface area contributed by atoms with Crippen molar-refractivity contribution >= 4 is 0 Å². The van der Waals surface area contributed by atoms with Crippen LogP contribution in [-0.4, -0.2) is 6.61 Å². The van der Waals surface area contributed by atoms with Gasteiger partial charge in [0.05, 0.1) is 13.2 Å². The number of allylic oxidation sites excluding steroid dienone is 2. The number of hydrogen-bond acceptors (Lipinski definition) is 1. The first-order valence-corrected chi connectivity index (χ1v) is 6.22. The molecule has 0 amide bonds. The summed E-state index contributed by atoms with van der Waals surface area (Å²) in [4.78, 5) is 0. The summed E-state index contributed by atoms with van der Waals surface area (Å²) in [5, 5.41) is 0. The first kappa shape index (κ1) is 10.1. The van der Waals surface area contributed by atoms with Crippen LogP contribution in [0.2, 0.25) is 0 Å². The topological polar surface area (TPSA) is 9.23 Å². The minimum Gasteiger partial charge on any atom is -0.376 e. The molecule has 1 aromatic rings. The molecule has 3 rings (SSSR count). The van der Waals surface area contributed by atoms with Crippen LogP contribution in [0.15, 0.2) is 42.5 Å². The van der Waals surface area contributed by atoms with Gasteiger partial charge in [0.2, 0.25) is 0 Å². The van der Waals surface area contributed by atoms with Gasteiger partial charge in [0, 0.05) is 0 Å². The summed E-state index contributed by atoms with van der Waals surface area (Å²) in [5.74, 6) is 2.44. The molecule has 0 aliphatic heterocycles. The lowest BCUT2D eigenvalue weighted by molar-refractivity contribution is 0.0788. The van der Waals surface area contributed by atoms with E-state index >= 15 is 0 Å². The molecule has 84 valence electrons. The maximum absolute atomic E-state index is 5.82.